The largest absolute Gasteiger partial charge is 0.482 e. The molecule has 1 N–H and O–H groups in total. The van der Waals surface area contributed by atoms with E-state index in [9.17, 15) is 14.4 Å². The Hall–Kier alpha value is -2.05. The van der Waals surface area contributed by atoms with Gasteiger partial charge in [-0.15, -0.1) is 0 Å². The minimum atomic E-state index is -0.593. The van der Waals surface area contributed by atoms with E-state index in [1.54, 1.807) is 12.1 Å². The molecule has 2 saturated carbocycles. The molecule has 3 fully saturated rings. The highest BCUT2D eigenvalue weighted by Gasteiger charge is 2.73. The Morgan fingerprint density at radius 1 is 1.15 bits per heavy atom. The first kappa shape index (κ1) is 17.1. The number of carbonyl (C=O) groups is 3. The molecule has 5 rings (SSSR count). The highest BCUT2D eigenvalue weighted by molar-refractivity contribution is 6.35. The van der Waals surface area contributed by atoms with E-state index in [4.69, 9.17) is 27.9 Å². The van der Waals surface area contributed by atoms with Gasteiger partial charge < -0.3 is 4.74 Å². The van der Waals surface area contributed by atoms with Gasteiger partial charge in [0.15, 0.2) is 6.61 Å². The van der Waals surface area contributed by atoms with Crippen molar-refractivity contribution in [1.82, 2.24) is 10.4 Å². The first-order valence-electron chi connectivity index (χ1n) is 8.86. The van der Waals surface area contributed by atoms with Gasteiger partial charge in [0.1, 0.15) is 5.75 Å². The quantitative estimate of drug-likeness (QED) is 0.615. The Morgan fingerprint density at radius 2 is 1.78 bits per heavy atom. The number of amides is 3. The molecule has 27 heavy (non-hydrogen) atoms. The van der Waals surface area contributed by atoms with Gasteiger partial charge in [-0.1, -0.05) is 35.4 Å². The summed E-state index contributed by atoms with van der Waals surface area (Å²) in [6.45, 7) is -0.372. The van der Waals surface area contributed by atoms with Crippen LogP contribution in [0, 0.1) is 29.1 Å². The predicted octanol–water partition coefficient (Wildman–Crippen LogP) is 2.60. The number of imide groups is 1. The number of nitrogens with zero attached hydrogens (tertiary/aromatic N) is 1. The molecule has 1 saturated heterocycles. The summed E-state index contributed by atoms with van der Waals surface area (Å²) < 4.78 is 5.36. The van der Waals surface area contributed by atoms with E-state index in [2.05, 4.69) is 17.6 Å². The molecule has 1 aliphatic heterocycles. The van der Waals surface area contributed by atoms with Gasteiger partial charge in [0.25, 0.3) is 17.7 Å². The zero-order valence-corrected chi connectivity index (χ0v) is 15.7. The number of fused-ring (bicyclic) bond motifs is 3. The molecule has 0 aromatic heterocycles. The summed E-state index contributed by atoms with van der Waals surface area (Å²) in [7, 11) is 0. The summed E-state index contributed by atoms with van der Waals surface area (Å²) in [6.07, 6.45) is 6.32. The Kier molecular flexibility index (Phi) is 3.62. The van der Waals surface area contributed by atoms with Crippen molar-refractivity contribution in [1.29, 1.82) is 0 Å². The maximum atomic E-state index is 12.8. The molecule has 4 atom stereocenters. The monoisotopic (exact) mass is 406 g/mol. The van der Waals surface area contributed by atoms with Crippen LogP contribution in [0.3, 0.4) is 0 Å². The fourth-order valence-corrected chi connectivity index (χ4v) is 5.54. The molecule has 2 bridgehead atoms. The molecule has 0 unspecified atom stereocenters. The summed E-state index contributed by atoms with van der Waals surface area (Å²) in [5.41, 5.74) is 2.53. The lowest BCUT2D eigenvalue weighted by Gasteiger charge is -2.22. The van der Waals surface area contributed by atoms with Crippen LogP contribution in [0.5, 0.6) is 5.75 Å². The van der Waals surface area contributed by atoms with E-state index < -0.39 is 5.91 Å². The van der Waals surface area contributed by atoms with Crippen LogP contribution in [-0.4, -0.2) is 29.3 Å². The van der Waals surface area contributed by atoms with E-state index in [0.29, 0.717) is 10.8 Å². The standard InChI is InChI=1S/C19H16Cl2N2O4/c20-9-1-4-13(12(21)7-9)27-8-14(24)22-23-17(25)15-10-2-3-11(16(15)18(23)26)19(10)5-6-19/h1-4,7,10-11,15-16H,5-6,8H2,(H,22,24)/t10-,11-,15-,16+/m1/s1. The highest BCUT2D eigenvalue weighted by Crippen LogP contribution is 2.73. The molecule has 8 heteroatoms. The Bertz CT molecular complexity index is 877. The number of rotatable bonds is 4. The lowest BCUT2D eigenvalue weighted by Crippen LogP contribution is -2.49. The smallest absolute Gasteiger partial charge is 0.276 e. The van der Waals surface area contributed by atoms with Crippen molar-refractivity contribution in [3.05, 3.63) is 40.4 Å². The van der Waals surface area contributed by atoms with Gasteiger partial charge in [-0.05, 0) is 48.3 Å². The third-order valence-corrected chi connectivity index (χ3v) is 6.87. The number of allylic oxidation sites excluding steroid dienone is 2. The van der Waals surface area contributed by atoms with E-state index in [0.717, 1.165) is 17.9 Å². The van der Waals surface area contributed by atoms with Crippen LogP contribution in [0.1, 0.15) is 12.8 Å². The molecule has 3 aliphatic carbocycles. The van der Waals surface area contributed by atoms with E-state index in [1.165, 1.54) is 6.07 Å². The minimum Gasteiger partial charge on any atom is -0.482 e. The van der Waals surface area contributed by atoms with Crippen LogP contribution in [0.25, 0.3) is 0 Å². The number of halogens is 2. The summed E-state index contributed by atoms with van der Waals surface area (Å²) in [6, 6.07) is 4.64. The Morgan fingerprint density at radius 3 is 2.33 bits per heavy atom. The van der Waals surface area contributed by atoms with Crippen LogP contribution in [-0.2, 0) is 14.4 Å². The number of carbonyl (C=O) groups excluding carboxylic acids is 3. The van der Waals surface area contributed by atoms with Crippen molar-refractivity contribution >= 4 is 40.9 Å². The third-order valence-electron chi connectivity index (χ3n) is 6.34. The molecule has 1 spiro atoms. The number of hydrazine groups is 1. The van der Waals surface area contributed by atoms with Crippen LogP contribution in [0.15, 0.2) is 30.4 Å². The fourth-order valence-electron chi connectivity index (χ4n) is 5.08. The molecule has 1 aromatic carbocycles. The molecule has 6 nitrogen and oxygen atoms in total. The molecule has 1 heterocycles. The SMILES string of the molecule is O=C(COc1ccc(Cl)cc1Cl)NN1C(=O)[C@@H]2[C@H](C1=O)[C@H]1C=C[C@H]2C12CC2. The molecule has 4 aliphatic rings. The average Bonchev–Trinajstić information content (AvgIpc) is 3.24. The summed E-state index contributed by atoms with van der Waals surface area (Å²) >= 11 is 11.8. The van der Waals surface area contributed by atoms with Crippen molar-refractivity contribution in [2.75, 3.05) is 6.61 Å². The fraction of sp³-hybridized carbons (Fsp3) is 0.421. The number of benzene rings is 1. The van der Waals surface area contributed by atoms with E-state index in [-0.39, 0.29) is 52.5 Å². The minimum absolute atomic E-state index is 0.120. The van der Waals surface area contributed by atoms with Gasteiger partial charge in [-0.2, -0.15) is 5.01 Å². The van der Waals surface area contributed by atoms with Crippen molar-refractivity contribution in [2.24, 2.45) is 29.1 Å². The number of hydrogen-bond donors (Lipinski definition) is 1. The lowest BCUT2D eigenvalue weighted by atomic mass is 9.85. The summed E-state index contributed by atoms with van der Waals surface area (Å²) in [5.74, 6) is -1.37. The van der Waals surface area contributed by atoms with Crippen LogP contribution in [0.4, 0.5) is 0 Å². The van der Waals surface area contributed by atoms with Crippen LogP contribution in [0.2, 0.25) is 10.0 Å². The molecule has 0 radical (unpaired) electrons. The molecule has 1 aromatic rings. The molecule has 140 valence electrons. The Labute approximate surface area is 165 Å². The number of hydrogen-bond acceptors (Lipinski definition) is 4. The normalized spacial score (nSPS) is 31.6. The molecular weight excluding hydrogens is 391 g/mol. The van der Waals surface area contributed by atoms with Gasteiger partial charge in [0, 0.05) is 5.02 Å². The van der Waals surface area contributed by atoms with Crippen molar-refractivity contribution in [3.8, 4) is 5.75 Å². The third kappa shape index (κ3) is 2.36. The van der Waals surface area contributed by atoms with Gasteiger partial charge in [-0.25, -0.2) is 0 Å². The zero-order chi connectivity index (χ0) is 18.9. The first-order valence-corrected chi connectivity index (χ1v) is 9.61. The summed E-state index contributed by atoms with van der Waals surface area (Å²) in [5, 5.41) is 1.61. The van der Waals surface area contributed by atoms with Crippen LogP contribution < -0.4 is 10.2 Å². The topological polar surface area (TPSA) is 75.7 Å². The zero-order valence-electron chi connectivity index (χ0n) is 14.2. The molecular formula is C19H16Cl2N2O4. The second kappa shape index (κ2) is 5.72. The maximum absolute atomic E-state index is 12.8. The van der Waals surface area contributed by atoms with E-state index >= 15 is 0 Å². The number of nitrogens with one attached hydrogen (secondary N) is 1. The molecule has 3 amide bonds. The average molecular weight is 407 g/mol. The summed E-state index contributed by atoms with van der Waals surface area (Å²) in [4.78, 5) is 37.8. The lowest BCUT2D eigenvalue weighted by molar-refractivity contribution is -0.150. The van der Waals surface area contributed by atoms with Gasteiger partial charge in [0.05, 0.1) is 16.9 Å². The number of ether oxygens (including phenoxy) is 1. The van der Waals surface area contributed by atoms with Gasteiger partial charge >= 0.3 is 0 Å². The second-order valence-electron chi connectivity index (χ2n) is 7.63. The van der Waals surface area contributed by atoms with Crippen molar-refractivity contribution in [2.45, 2.75) is 12.8 Å². The first-order chi connectivity index (χ1) is 12.9. The second-order valence-corrected chi connectivity index (χ2v) is 8.48. The van der Waals surface area contributed by atoms with Crippen molar-refractivity contribution in [3.63, 3.8) is 0 Å². The van der Waals surface area contributed by atoms with Crippen molar-refractivity contribution < 1.29 is 19.1 Å². The van der Waals surface area contributed by atoms with Crippen LogP contribution >= 0.6 is 23.2 Å². The van der Waals surface area contributed by atoms with E-state index in [1.807, 2.05) is 0 Å². The predicted molar refractivity (Wildman–Crippen MR) is 96.7 cm³/mol. The van der Waals surface area contributed by atoms with Gasteiger partial charge in [0.2, 0.25) is 0 Å². The van der Waals surface area contributed by atoms with Gasteiger partial charge in [-0.3, -0.25) is 19.8 Å². The maximum Gasteiger partial charge on any atom is 0.276 e. The Balaban J connectivity index is 1.25. The highest BCUT2D eigenvalue weighted by atomic mass is 35.5.